The predicted molar refractivity (Wildman–Crippen MR) is 175 cm³/mol. The average molecular weight is 630 g/mol. The fourth-order valence-corrected chi connectivity index (χ4v) is 7.19. The molecule has 236 valence electrons. The van der Waals surface area contributed by atoms with E-state index >= 15 is 0 Å². The van der Waals surface area contributed by atoms with Gasteiger partial charge in [0.05, 0.1) is 40.3 Å². The summed E-state index contributed by atoms with van der Waals surface area (Å²) in [5, 5.41) is 8.96. The molecule has 3 aliphatic rings. The standard InChI is InChI=1S/C34H32FN11O/c1-43-12-3-13-44-19-39-27-5-2-4-23(30(27)44)26-10-11-36-34(42-26)41-22-15-29(33(43)47)45(17-22)31-25-16-40-46(32(25)38-18-37-31)28-9-8-21(35)14-24(28)20-6-7-20/h2,4-5,8-11,14,16,18-20,22,29H,3,6-7,12-13,15,17H2,1H3,(H,36,41,42)/t22-,29-/m0/s1. The molecule has 1 saturated heterocycles. The van der Waals surface area contributed by atoms with Gasteiger partial charge in [0.1, 0.15) is 24.0 Å². The van der Waals surface area contributed by atoms with Crippen LogP contribution in [-0.2, 0) is 11.3 Å². The Kier molecular flexibility index (Phi) is 6.40. The van der Waals surface area contributed by atoms with E-state index < -0.39 is 6.04 Å². The number of amides is 1. The van der Waals surface area contributed by atoms with Gasteiger partial charge >= 0.3 is 0 Å². The van der Waals surface area contributed by atoms with E-state index in [4.69, 9.17) is 15.1 Å². The Morgan fingerprint density at radius 3 is 2.83 bits per heavy atom. The van der Waals surface area contributed by atoms with Gasteiger partial charge in [-0.1, -0.05) is 12.1 Å². The van der Waals surface area contributed by atoms with Crippen LogP contribution in [0.2, 0.25) is 0 Å². The first-order valence-corrected chi connectivity index (χ1v) is 16.1. The molecule has 13 heteroatoms. The summed E-state index contributed by atoms with van der Waals surface area (Å²) in [6.07, 6.45) is 10.2. The molecule has 1 amide bonds. The molecule has 6 heterocycles. The highest BCUT2D eigenvalue weighted by molar-refractivity contribution is 5.93. The molecule has 4 bridgehead atoms. The van der Waals surface area contributed by atoms with Crippen LogP contribution in [0.3, 0.4) is 0 Å². The average Bonchev–Trinajstić information content (AvgIpc) is 3.50. The third kappa shape index (κ3) is 4.75. The molecule has 1 aliphatic carbocycles. The van der Waals surface area contributed by atoms with Crippen LogP contribution in [0, 0.1) is 5.82 Å². The van der Waals surface area contributed by atoms with E-state index in [0.29, 0.717) is 49.4 Å². The lowest BCUT2D eigenvalue weighted by Crippen LogP contribution is -2.45. The number of aryl methyl sites for hydroxylation is 1. The number of carbonyl (C=O) groups is 1. The molecule has 0 unspecified atom stereocenters. The van der Waals surface area contributed by atoms with Crippen LogP contribution in [0.4, 0.5) is 16.2 Å². The van der Waals surface area contributed by atoms with E-state index in [1.54, 1.807) is 29.2 Å². The van der Waals surface area contributed by atoms with Crippen molar-refractivity contribution in [1.29, 1.82) is 0 Å². The van der Waals surface area contributed by atoms with Crippen molar-refractivity contribution in [1.82, 2.24) is 44.2 Å². The van der Waals surface area contributed by atoms with E-state index in [9.17, 15) is 9.18 Å². The molecule has 12 nitrogen and oxygen atoms in total. The van der Waals surface area contributed by atoms with Crippen LogP contribution in [-0.4, -0.2) is 82.3 Å². The lowest BCUT2D eigenvalue weighted by Gasteiger charge is -2.29. The van der Waals surface area contributed by atoms with Crippen molar-refractivity contribution in [3.05, 3.63) is 78.9 Å². The zero-order valence-electron chi connectivity index (χ0n) is 25.8. The van der Waals surface area contributed by atoms with E-state index in [1.807, 2.05) is 36.5 Å². The lowest BCUT2D eigenvalue weighted by molar-refractivity contribution is -0.131. The maximum Gasteiger partial charge on any atom is 0.245 e. The summed E-state index contributed by atoms with van der Waals surface area (Å²) >= 11 is 0. The van der Waals surface area contributed by atoms with Crippen molar-refractivity contribution in [2.45, 2.75) is 50.2 Å². The normalized spacial score (nSPS) is 20.0. The molecular formula is C34H32FN11O. The first-order valence-electron chi connectivity index (χ1n) is 16.1. The minimum atomic E-state index is -0.475. The van der Waals surface area contributed by atoms with Gasteiger partial charge < -0.3 is 19.7 Å². The second kappa shape index (κ2) is 10.8. The Morgan fingerprint density at radius 2 is 1.94 bits per heavy atom. The van der Waals surface area contributed by atoms with Crippen molar-refractivity contribution in [3.63, 3.8) is 0 Å². The number of fused-ring (bicyclic) bond motifs is 6. The fraction of sp³-hybridized carbons (Fsp3) is 0.324. The van der Waals surface area contributed by atoms with Crippen LogP contribution in [0.5, 0.6) is 0 Å². The molecule has 2 aliphatic heterocycles. The van der Waals surface area contributed by atoms with Gasteiger partial charge in [0, 0.05) is 44.5 Å². The highest BCUT2D eigenvalue weighted by atomic mass is 19.1. The molecule has 2 fully saturated rings. The number of benzene rings is 2. The molecule has 6 aromatic rings. The number of aromatic nitrogens is 8. The number of likely N-dealkylation sites (N-methyl/N-ethyl adjacent to an activating group) is 1. The number of nitrogens with zero attached hydrogens (tertiary/aromatic N) is 10. The molecule has 9 rings (SSSR count). The second-order valence-corrected chi connectivity index (χ2v) is 12.7. The largest absolute Gasteiger partial charge is 0.350 e. The third-order valence-corrected chi connectivity index (χ3v) is 9.61. The van der Waals surface area contributed by atoms with Gasteiger partial charge in [-0.05, 0) is 67.5 Å². The predicted octanol–water partition coefficient (Wildman–Crippen LogP) is 4.56. The minimum absolute atomic E-state index is 0.0173. The molecule has 47 heavy (non-hydrogen) atoms. The first-order chi connectivity index (χ1) is 23.0. The monoisotopic (exact) mass is 629 g/mol. The molecule has 0 spiro atoms. The van der Waals surface area contributed by atoms with Gasteiger partial charge in [0.25, 0.3) is 0 Å². The topological polar surface area (TPSA) is 123 Å². The van der Waals surface area contributed by atoms with Gasteiger partial charge in [-0.25, -0.2) is 34.0 Å². The van der Waals surface area contributed by atoms with Crippen molar-refractivity contribution >= 4 is 39.7 Å². The molecule has 1 N–H and O–H groups in total. The number of carbonyl (C=O) groups excluding carboxylic acids is 1. The lowest BCUT2D eigenvalue weighted by atomic mass is 10.1. The Bertz CT molecular complexity index is 2170. The van der Waals surface area contributed by atoms with E-state index in [2.05, 4.69) is 35.8 Å². The van der Waals surface area contributed by atoms with E-state index in [1.165, 1.54) is 12.4 Å². The Balaban J connectivity index is 1.10. The SMILES string of the molecule is CN1CCCn2cnc3cccc(c32)-c2ccnc(n2)N[C@H]2C[C@@H](C1=O)N(c1ncnc3c1cnn3-c1ccc(F)cc1C1CC1)C2. The maximum atomic E-state index is 14.2. The number of para-hydroxylation sites is 1. The maximum absolute atomic E-state index is 14.2. The number of rotatable bonds is 3. The van der Waals surface area contributed by atoms with Gasteiger partial charge in [0.2, 0.25) is 11.9 Å². The summed E-state index contributed by atoms with van der Waals surface area (Å²) in [5.41, 5.74) is 6.08. The van der Waals surface area contributed by atoms with Gasteiger partial charge in [-0.3, -0.25) is 4.79 Å². The number of nitrogens with one attached hydrogen (secondary N) is 1. The third-order valence-electron chi connectivity index (χ3n) is 9.61. The van der Waals surface area contributed by atoms with Crippen molar-refractivity contribution < 1.29 is 9.18 Å². The summed E-state index contributed by atoms with van der Waals surface area (Å²) < 4.78 is 18.2. The Hall–Kier alpha value is -5.46. The fourth-order valence-electron chi connectivity index (χ4n) is 7.19. The number of anilines is 2. The van der Waals surface area contributed by atoms with Crippen molar-refractivity contribution in [2.75, 3.05) is 30.4 Å². The van der Waals surface area contributed by atoms with Crippen molar-refractivity contribution in [2.24, 2.45) is 0 Å². The quantitative estimate of drug-likeness (QED) is 0.300. The highest BCUT2D eigenvalue weighted by Gasteiger charge is 2.40. The molecule has 4 aromatic heterocycles. The summed E-state index contributed by atoms with van der Waals surface area (Å²) in [6.45, 7) is 1.79. The molecule has 2 aromatic carbocycles. The van der Waals surface area contributed by atoms with Crippen LogP contribution in [0.1, 0.15) is 37.2 Å². The van der Waals surface area contributed by atoms with Crippen LogP contribution in [0.15, 0.2) is 67.5 Å². The Labute approximate surface area is 269 Å². The molecule has 0 radical (unpaired) electrons. The van der Waals surface area contributed by atoms with E-state index in [-0.39, 0.29) is 17.8 Å². The summed E-state index contributed by atoms with van der Waals surface area (Å²) in [4.78, 5) is 41.5. The summed E-state index contributed by atoms with van der Waals surface area (Å²) in [7, 11) is 1.87. The van der Waals surface area contributed by atoms with Gasteiger partial charge in [0.15, 0.2) is 5.65 Å². The first kappa shape index (κ1) is 27.8. The minimum Gasteiger partial charge on any atom is -0.350 e. The van der Waals surface area contributed by atoms with Gasteiger partial charge in [-0.15, -0.1) is 0 Å². The number of hydrogen-bond donors (Lipinski definition) is 1. The van der Waals surface area contributed by atoms with E-state index in [0.717, 1.165) is 58.2 Å². The van der Waals surface area contributed by atoms with Gasteiger partial charge in [-0.2, -0.15) is 5.10 Å². The van der Waals surface area contributed by atoms with Crippen LogP contribution < -0.4 is 10.2 Å². The smallest absolute Gasteiger partial charge is 0.245 e. The van der Waals surface area contributed by atoms with Crippen LogP contribution >= 0.6 is 0 Å². The number of hydrogen-bond acceptors (Lipinski definition) is 9. The van der Waals surface area contributed by atoms with Crippen molar-refractivity contribution in [3.8, 4) is 16.9 Å². The summed E-state index contributed by atoms with van der Waals surface area (Å²) in [6, 6.07) is 12.2. The molecular weight excluding hydrogens is 597 g/mol. The zero-order chi connectivity index (χ0) is 31.6. The highest BCUT2D eigenvalue weighted by Crippen LogP contribution is 2.43. The second-order valence-electron chi connectivity index (χ2n) is 12.7. The number of imidazole rings is 1. The van der Waals surface area contributed by atoms with Crippen LogP contribution in [0.25, 0.3) is 39.0 Å². The summed E-state index contributed by atoms with van der Waals surface area (Å²) in [5.74, 6) is 1.21. The number of halogens is 1. The Morgan fingerprint density at radius 1 is 1.02 bits per heavy atom. The zero-order valence-corrected chi connectivity index (χ0v) is 25.8. The molecule has 1 saturated carbocycles. The molecule has 2 atom stereocenters.